The lowest BCUT2D eigenvalue weighted by molar-refractivity contribution is -0.328. The minimum atomic E-state index is -5.46. The maximum Gasteiger partial charge on any atom is 0.453 e. The molecule has 0 aliphatic rings. The Labute approximate surface area is 143 Å². The van der Waals surface area contributed by atoms with Gasteiger partial charge in [0.2, 0.25) is 5.91 Å². The summed E-state index contributed by atoms with van der Waals surface area (Å²) in [5.41, 5.74) is 0.705. The summed E-state index contributed by atoms with van der Waals surface area (Å²) in [4.78, 5) is 22.7. The van der Waals surface area contributed by atoms with Crippen LogP contribution >= 0.6 is 0 Å². The van der Waals surface area contributed by atoms with Gasteiger partial charge in [-0.05, 0) is 25.0 Å². The molecule has 0 radical (unpaired) electrons. The van der Waals surface area contributed by atoms with E-state index >= 15 is 0 Å². The number of halogens is 3. The Balaban J connectivity index is 2.11. The fraction of sp³-hybridized carbons (Fsp3) is 0.500. The number of benzene rings is 1. The summed E-state index contributed by atoms with van der Waals surface area (Å²) in [6.45, 7) is -0.117. The van der Waals surface area contributed by atoms with E-state index in [4.69, 9.17) is 10.2 Å². The normalized spacial score (nSPS) is 11.9. The first-order chi connectivity index (χ1) is 11.6. The fourth-order valence-electron chi connectivity index (χ4n) is 1.96. The summed E-state index contributed by atoms with van der Waals surface area (Å²) in [6.07, 6.45) is -2.95. The zero-order valence-electron chi connectivity index (χ0n) is 13.5. The van der Waals surface area contributed by atoms with Crippen molar-refractivity contribution in [2.45, 2.75) is 44.1 Å². The lowest BCUT2D eigenvalue weighted by Crippen LogP contribution is -2.57. The van der Waals surface area contributed by atoms with Gasteiger partial charge in [0.05, 0.1) is 0 Å². The molecule has 0 aliphatic carbocycles. The van der Waals surface area contributed by atoms with Crippen molar-refractivity contribution in [3.05, 3.63) is 30.3 Å². The number of hydrogen-bond acceptors (Lipinski definition) is 4. The quantitative estimate of drug-likeness (QED) is 0.399. The van der Waals surface area contributed by atoms with Gasteiger partial charge in [-0.25, -0.2) is 0 Å². The Morgan fingerprint density at radius 1 is 0.960 bits per heavy atom. The van der Waals surface area contributed by atoms with Crippen molar-refractivity contribution in [2.24, 2.45) is 0 Å². The molecule has 1 aromatic carbocycles. The highest BCUT2D eigenvalue weighted by Gasteiger charge is 2.58. The van der Waals surface area contributed by atoms with Crippen molar-refractivity contribution in [3.8, 4) is 0 Å². The Hall–Kier alpha value is -2.13. The van der Waals surface area contributed by atoms with E-state index in [0.717, 1.165) is 0 Å². The molecule has 0 aromatic heterocycles. The third-order valence-corrected chi connectivity index (χ3v) is 3.39. The number of hydrogen-bond donors (Lipinski definition) is 4. The summed E-state index contributed by atoms with van der Waals surface area (Å²) in [7, 11) is 0. The van der Waals surface area contributed by atoms with Gasteiger partial charge in [-0.1, -0.05) is 31.0 Å². The van der Waals surface area contributed by atoms with Crippen LogP contribution in [-0.4, -0.2) is 40.5 Å². The molecule has 6 nitrogen and oxygen atoms in total. The van der Waals surface area contributed by atoms with Gasteiger partial charge in [0.25, 0.3) is 5.91 Å². The van der Waals surface area contributed by atoms with Crippen LogP contribution in [0.25, 0.3) is 0 Å². The SMILES string of the molecule is O=C(CCCCCCNC(=O)C(O)(O)C(F)(F)F)Nc1ccccc1. The van der Waals surface area contributed by atoms with E-state index in [1.54, 1.807) is 24.3 Å². The van der Waals surface area contributed by atoms with E-state index in [1.165, 1.54) is 0 Å². The number of anilines is 1. The zero-order chi connectivity index (χ0) is 18.9. The highest BCUT2D eigenvalue weighted by atomic mass is 19.4. The van der Waals surface area contributed by atoms with E-state index in [0.29, 0.717) is 37.8 Å². The molecule has 25 heavy (non-hydrogen) atoms. The Morgan fingerprint density at radius 3 is 2.16 bits per heavy atom. The number of unbranched alkanes of at least 4 members (excludes halogenated alkanes) is 3. The lowest BCUT2D eigenvalue weighted by Gasteiger charge is -2.22. The standard InChI is InChI=1S/C16H21F3N2O4/c17-16(18,19)15(24,25)14(23)20-11-7-2-1-6-10-13(22)21-12-8-4-3-5-9-12/h3-5,8-9,24-25H,1-2,6-7,10-11H2,(H,20,23)(H,21,22). The van der Waals surface area contributed by atoms with Gasteiger partial charge in [-0.2, -0.15) is 13.2 Å². The average molecular weight is 362 g/mol. The van der Waals surface area contributed by atoms with Crippen LogP contribution in [0, 0.1) is 0 Å². The number of alkyl halides is 3. The molecule has 0 saturated heterocycles. The fourth-order valence-corrected chi connectivity index (χ4v) is 1.96. The van der Waals surface area contributed by atoms with E-state index in [-0.39, 0.29) is 12.5 Å². The molecule has 0 bridgehead atoms. The van der Waals surface area contributed by atoms with Crippen LogP contribution < -0.4 is 10.6 Å². The van der Waals surface area contributed by atoms with Crippen LogP contribution in [0.3, 0.4) is 0 Å². The Bertz CT molecular complexity index is 562. The third-order valence-electron chi connectivity index (χ3n) is 3.39. The van der Waals surface area contributed by atoms with Crippen LogP contribution in [0.5, 0.6) is 0 Å². The number of rotatable bonds is 9. The molecule has 0 unspecified atom stereocenters. The third kappa shape index (κ3) is 7.10. The maximum atomic E-state index is 12.2. The molecule has 0 atom stereocenters. The largest absolute Gasteiger partial charge is 0.453 e. The highest BCUT2D eigenvalue weighted by Crippen LogP contribution is 2.28. The molecule has 9 heteroatoms. The molecular weight excluding hydrogens is 341 g/mol. The van der Waals surface area contributed by atoms with Crippen LogP contribution in [0.2, 0.25) is 0 Å². The average Bonchev–Trinajstić information content (AvgIpc) is 2.53. The second kappa shape index (κ2) is 9.38. The minimum Gasteiger partial charge on any atom is -0.351 e. The molecule has 140 valence electrons. The molecule has 2 amide bonds. The first-order valence-electron chi connectivity index (χ1n) is 7.79. The number of amides is 2. The van der Waals surface area contributed by atoms with Gasteiger partial charge in [0.15, 0.2) is 0 Å². The predicted molar refractivity (Wildman–Crippen MR) is 84.4 cm³/mol. The zero-order valence-corrected chi connectivity index (χ0v) is 13.5. The molecule has 1 rings (SSSR count). The second-order valence-electron chi connectivity index (χ2n) is 5.50. The maximum absolute atomic E-state index is 12.2. The monoisotopic (exact) mass is 362 g/mol. The molecule has 0 saturated carbocycles. The topological polar surface area (TPSA) is 98.7 Å². The lowest BCUT2D eigenvalue weighted by atomic mass is 10.1. The molecule has 1 aromatic rings. The van der Waals surface area contributed by atoms with Crippen LogP contribution in [0.4, 0.5) is 18.9 Å². The van der Waals surface area contributed by atoms with E-state index in [9.17, 15) is 22.8 Å². The number of nitrogens with one attached hydrogen (secondary N) is 2. The van der Waals surface area contributed by atoms with Crippen molar-refractivity contribution < 1.29 is 33.0 Å². The van der Waals surface area contributed by atoms with E-state index < -0.39 is 17.9 Å². The van der Waals surface area contributed by atoms with Gasteiger partial charge >= 0.3 is 12.0 Å². The summed E-state index contributed by atoms with van der Waals surface area (Å²) < 4.78 is 36.6. The van der Waals surface area contributed by atoms with Crippen molar-refractivity contribution in [1.82, 2.24) is 5.32 Å². The van der Waals surface area contributed by atoms with Crippen molar-refractivity contribution >= 4 is 17.5 Å². The van der Waals surface area contributed by atoms with Crippen molar-refractivity contribution in [3.63, 3.8) is 0 Å². The van der Waals surface area contributed by atoms with Crippen molar-refractivity contribution in [1.29, 1.82) is 0 Å². The van der Waals surface area contributed by atoms with Crippen LogP contribution in [0.1, 0.15) is 32.1 Å². The Kier molecular flexibility index (Phi) is 7.85. The number of aliphatic hydroxyl groups is 2. The Morgan fingerprint density at radius 2 is 1.56 bits per heavy atom. The smallest absolute Gasteiger partial charge is 0.351 e. The highest BCUT2D eigenvalue weighted by molar-refractivity contribution is 5.90. The van der Waals surface area contributed by atoms with Crippen LogP contribution in [0.15, 0.2) is 30.3 Å². The minimum absolute atomic E-state index is 0.117. The first kappa shape index (κ1) is 20.9. The second-order valence-corrected chi connectivity index (χ2v) is 5.50. The van der Waals surface area contributed by atoms with Gasteiger partial charge in [0, 0.05) is 18.7 Å². The first-order valence-corrected chi connectivity index (χ1v) is 7.79. The van der Waals surface area contributed by atoms with Crippen LogP contribution in [-0.2, 0) is 9.59 Å². The number of carbonyl (C=O) groups excluding carboxylic acids is 2. The number of para-hydroxylation sites is 1. The summed E-state index contributed by atoms with van der Waals surface area (Å²) in [5, 5.41) is 22.0. The summed E-state index contributed by atoms with van der Waals surface area (Å²) in [5.74, 6) is -6.42. The molecule has 4 N–H and O–H groups in total. The van der Waals surface area contributed by atoms with Crippen molar-refractivity contribution in [2.75, 3.05) is 11.9 Å². The summed E-state index contributed by atoms with van der Waals surface area (Å²) >= 11 is 0. The van der Waals surface area contributed by atoms with Gasteiger partial charge in [-0.15, -0.1) is 0 Å². The van der Waals surface area contributed by atoms with E-state index in [1.807, 2.05) is 11.4 Å². The predicted octanol–water partition coefficient (Wildman–Crippen LogP) is 1.93. The molecule has 0 aliphatic heterocycles. The van der Waals surface area contributed by atoms with Gasteiger partial charge in [-0.3, -0.25) is 9.59 Å². The molecule has 0 spiro atoms. The van der Waals surface area contributed by atoms with Gasteiger partial charge < -0.3 is 20.8 Å². The molecule has 0 fully saturated rings. The molecular formula is C16H21F3N2O4. The van der Waals surface area contributed by atoms with E-state index in [2.05, 4.69) is 5.32 Å². The van der Waals surface area contributed by atoms with Gasteiger partial charge in [0.1, 0.15) is 0 Å². The summed E-state index contributed by atoms with van der Waals surface area (Å²) in [6, 6.07) is 8.97. The number of carbonyl (C=O) groups is 2. The molecule has 0 heterocycles.